The van der Waals surface area contributed by atoms with Gasteiger partial charge in [0.15, 0.2) is 0 Å². The van der Waals surface area contributed by atoms with Crippen molar-refractivity contribution < 1.29 is 9.53 Å². The van der Waals surface area contributed by atoms with Crippen molar-refractivity contribution in [2.75, 3.05) is 7.11 Å². The number of methoxy groups -OCH3 is 1. The van der Waals surface area contributed by atoms with Crippen molar-refractivity contribution in [3.8, 4) is 0 Å². The van der Waals surface area contributed by atoms with E-state index >= 15 is 0 Å². The van der Waals surface area contributed by atoms with Crippen LogP contribution >= 0.6 is 0 Å². The molecule has 222 valence electrons. The maximum Gasteiger partial charge on any atom is 0.337 e. The Hall–Kier alpha value is -1.35. The topological polar surface area (TPSA) is 52.3 Å². The van der Waals surface area contributed by atoms with E-state index in [9.17, 15) is 4.79 Å². The molecule has 6 rings (SSSR count). The van der Waals surface area contributed by atoms with Crippen molar-refractivity contribution in [1.29, 1.82) is 0 Å². The molecule has 3 heteroatoms. The van der Waals surface area contributed by atoms with Gasteiger partial charge in [-0.05, 0) is 145 Å². The van der Waals surface area contributed by atoms with E-state index in [-0.39, 0.29) is 16.9 Å². The van der Waals surface area contributed by atoms with E-state index in [0.717, 1.165) is 35.5 Å². The third-order valence-corrected chi connectivity index (χ3v) is 15.2. The smallest absolute Gasteiger partial charge is 0.337 e. The summed E-state index contributed by atoms with van der Waals surface area (Å²) in [4.78, 5) is 12.0. The van der Waals surface area contributed by atoms with E-state index in [0.29, 0.717) is 27.7 Å². The van der Waals surface area contributed by atoms with Crippen molar-refractivity contribution in [3.05, 3.63) is 35.4 Å². The number of rotatable bonds is 3. The molecule has 40 heavy (non-hydrogen) atoms. The highest BCUT2D eigenvalue weighted by atomic mass is 16.5. The number of benzene rings is 1. The average Bonchev–Trinajstić information content (AvgIpc) is 3.26. The van der Waals surface area contributed by atoms with Gasteiger partial charge in [0.2, 0.25) is 0 Å². The lowest BCUT2D eigenvalue weighted by Gasteiger charge is -2.73. The monoisotopic (exact) mass is 547 g/mol. The second kappa shape index (κ2) is 9.32. The Kier molecular flexibility index (Phi) is 6.70. The average molecular weight is 548 g/mol. The lowest BCUT2D eigenvalue weighted by Crippen LogP contribution is -2.68. The van der Waals surface area contributed by atoms with Gasteiger partial charge in [0.05, 0.1) is 12.7 Å². The standard InChI is InChI=1S/C37H57NO2/c1-23(2)26-15-20-37(38)22-21-35(6)28(31(26)37)13-14-30-34(5)18-16-27(24-9-11-25(12-10-24)32(39)40-8)33(3,4)29(34)17-19-36(30,35)7/h9-12,23,26-31H,13-22,38H2,1-8H3/t26-,27?,28+,29-,30+,31+,34-,35+,36+,37-/m0/s1. The summed E-state index contributed by atoms with van der Waals surface area (Å²) in [5, 5.41) is 0. The number of hydrogen-bond acceptors (Lipinski definition) is 3. The summed E-state index contributed by atoms with van der Waals surface area (Å²) in [6.45, 7) is 18.3. The van der Waals surface area contributed by atoms with Crippen molar-refractivity contribution in [3.63, 3.8) is 0 Å². The quantitative estimate of drug-likeness (QED) is 0.384. The van der Waals surface area contributed by atoms with Crippen LogP contribution in [0.3, 0.4) is 0 Å². The lowest BCUT2D eigenvalue weighted by molar-refractivity contribution is -0.233. The predicted octanol–water partition coefficient (Wildman–Crippen LogP) is 9.01. The number of esters is 1. The second-order valence-corrected chi connectivity index (χ2v) is 16.9. The first-order valence-electron chi connectivity index (χ1n) is 16.7. The van der Waals surface area contributed by atoms with Crippen LogP contribution in [-0.4, -0.2) is 18.6 Å². The zero-order valence-electron chi connectivity index (χ0n) is 26.8. The van der Waals surface area contributed by atoms with Crippen LogP contribution in [0.4, 0.5) is 0 Å². The molecule has 1 aromatic rings. The number of carbonyl (C=O) groups excluding carboxylic acids is 1. The number of carbonyl (C=O) groups is 1. The van der Waals surface area contributed by atoms with Crippen molar-refractivity contribution in [1.82, 2.24) is 0 Å². The van der Waals surface area contributed by atoms with Gasteiger partial charge >= 0.3 is 5.97 Å². The molecule has 3 nitrogen and oxygen atoms in total. The Morgan fingerprint density at radius 2 is 1.52 bits per heavy atom. The summed E-state index contributed by atoms with van der Waals surface area (Å²) in [5.74, 6) is 4.87. The summed E-state index contributed by atoms with van der Waals surface area (Å²) in [5.41, 5.74) is 10.9. The molecule has 2 N–H and O–H groups in total. The van der Waals surface area contributed by atoms with Gasteiger partial charge < -0.3 is 10.5 Å². The summed E-state index contributed by atoms with van der Waals surface area (Å²) in [7, 11) is 1.46. The molecule has 0 bridgehead atoms. The fraction of sp³-hybridized carbons (Fsp3) is 0.811. The number of ether oxygens (including phenoxy) is 1. The fourth-order valence-electron chi connectivity index (χ4n) is 13.0. The Labute approximate surface area is 244 Å². The molecule has 0 aromatic heterocycles. The zero-order valence-corrected chi connectivity index (χ0v) is 26.8. The minimum atomic E-state index is -0.246. The predicted molar refractivity (Wildman–Crippen MR) is 164 cm³/mol. The first-order chi connectivity index (χ1) is 18.7. The minimum Gasteiger partial charge on any atom is -0.465 e. The van der Waals surface area contributed by atoms with Gasteiger partial charge in [-0.1, -0.05) is 60.6 Å². The molecule has 5 saturated carbocycles. The summed E-state index contributed by atoms with van der Waals surface area (Å²) in [6.07, 6.45) is 13.3. The van der Waals surface area contributed by atoms with Crippen LogP contribution in [0.15, 0.2) is 24.3 Å². The van der Waals surface area contributed by atoms with Gasteiger partial charge in [-0.15, -0.1) is 0 Å². The van der Waals surface area contributed by atoms with Crippen molar-refractivity contribution in [2.24, 2.45) is 62.9 Å². The van der Waals surface area contributed by atoms with Crippen molar-refractivity contribution in [2.45, 2.75) is 124 Å². The maximum absolute atomic E-state index is 12.0. The molecule has 10 atom stereocenters. The molecule has 1 aromatic carbocycles. The molecule has 5 aliphatic carbocycles. The first-order valence-corrected chi connectivity index (χ1v) is 16.7. The minimum absolute atomic E-state index is 0.0902. The Bertz CT molecular complexity index is 1140. The molecule has 0 radical (unpaired) electrons. The SMILES string of the molecule is COC(=O)c1ccc(C2CC[C@]3(C)[C@H]4CC[C@@H]5[C@H]6[C@H](C(C)C)CC[C@]6(N)CC[C@@]5(C)[C@]4(C)CC[C@H]3C2(C)C)cc1. The molecule has 0 aliphatic heterocycles. The van der Waals surface area contributed by atoms with Crippen LogP contribution in [0.1, 0.15) is 135 Å². The van der Waals surface area contributed by atoms with E-state index in [1.54, 1.807) is 0 Å². The molecule has 0 amide bonds. The van der Waals surface area contributed by atoms with Crippen LogP contribution in [0.25, 0.3) is 0 Å². The Morgan fingerprint density at radius 1 is 0.825 bits per heavy atom. The third-order valence-electron chi connectivity index (χ3n) is 15.2. The van der Waals surface area contributed by atoms with E-state index in [2.05, 4.69) is 60.6 Å². The Morgan fingerprint density at radius 3 is 2.17 bits per heavy atom. The Balaban J connectivity index is 1.30. The van der Waals surface area contributed by atoms with E-state index in [4.69, 9.17) is 10.5 Å². The number of hydrogen-bond donors (Lipinski definition) is 1. The maximum atomic E-state index is 12.0. The highest BCUT2D eigenvalue weighted by Crippen LogP contribution is 2.77. The lowest BCUT2D eigenvalue weighted by atomic mass is 9.32. The molecule has 5 aliphatic rings. The largest absolute Gasteiger partial charge is 0.465 e. The third kappa shape index (κ3) is 3.74. The first kappa shape index (κ1) is 28.8. The molecular weight excluding hydrogens is 490 g/mol. The van der Waals surface area contributed by atoms with Gasteiger partial charge in [0.25, 0.3) is 0 Å². The van der Waals surface area contributed by atoms with Crippen LogP contribution < -0.4 is 5.73 Å². The van der Waals surface area contributed by atoms with E-state index in [1.165, 1.54) is 76.9 Å². The van der Waals surface area contributed by atoms with Crippen LogP contribution in [0.2, 0.25) is 0 Å². The van der Waals surface area contributed by atoms with Crippen LogP contribution in [-0.2, 0) is 4.74 Å². The van der Waals surface area contributed by atoms with Gasteiger partial charge in [-0.3, -0.25) is 0 Å². The molecular formula is C37H57NO2. The summed E-state index contributed by atoms with van der Waals surface area (Å²) in [6, 6.07) is 8.35. The van der Waals surface area contributed by atoms with Gasteiger partial charge in [0, 0.05) is 5.54 Å². The second-order valence-electron chi connectivity index (χ2n) is 16.9. The van der Waals surface area contributed by atoms with Gasteiger partial charge in [-0.25, -0.2) is 4.79 Å². The van der Waals surface area contributed by atoms with Crippen LogP contribution in [0, 0.1) is 57.2 Å². The van der Waals surface area contributed by atoms with E-state index in [1.807, 2.05) is 12.1 Å². The molecule has 5 fully saturated rings. The summed E-state index contributed by atoms with van der Waals surface area (Å²) >= 11 is 0. The molecule has 0 heterocycles. The highest BCUT2D eigenvalue weighted by molar-refractivity contribution is 5.89. The zero-order chi connectivity index (χ0) is 28.9. The fourth-order valence-corrected chi connectivity index (χ4v) is 13.0. The normalized spacial score (nSPS) is 47.5. The number of nitrogens with two attached hydrogens (primary N) is 1. The van der Waals surface area contributed by atoms with E-state index < -0.39 is 0 Å². The summed E-state index contributed by atoms with van der Waals surface area (Å²) < 4.78 is 4.95. The highest BCUT2D eigenvalue weighted by Gasteiger charge is 2.70. The molecule has 0 saturated heterocycles. The van der Waals surface area contributed by atoms with Crippen molar-refractivity contribution >= 4 is 5.97 Å². The number of fused-ring (bicyclic) bond motifs is 7. The molecule has 1 unspecified atom stereocenters. The molecule has 0 spiro atoms. The van der Waals surface area contributed by atoms with Crippen LogP contribution in [0.5, 0.6) is 0 Å². The van der Waals surface area contributed by atoms with Gasteiger partial charge in [-0.2, -0.15) is 0 Å². The van der Waals surface area contributed by atoms with Gasteiger partial charge in [0.1, 0.15) is 0 Å².